The van der Waals surface area contributed by atoms with Crippen molar-refractivity contribution in [3.63, 3.8) is 0 Å². The number of rotatable bonds is 2. The largest absolute Gasteiger partial charge is 0.496 e. The Balaban J connectivity index is 2.99. The van der Waals surface area contributed by atoms with Crippen LogP contribution in [-0.4, -0.2) is 7.11 Å². The lowest BCUT2D eigenvalue weighted by molar-refractivity contribution is -0.691. The van der Waals surface area contributed by atoms with Gasteiger partial charge in [0.05, 0.1) is 13.2 Å². The first kappa shape index (κ1) is 8.34. The van der Waals surface area contributed by atoms with Crippen molar-refractivity contribution in [1.29, 1.82) is 0 Å². The first-order chi connectivity index (χ1) is 5.27. The maximum absolute atomic E-state index is 5.89. The first-order valence-electron chi connectivity index (χ1n) is 3.51. The predicted octanol–water partition coefficient (Wildman–Crippen LogP) is 1.66. The fourth-order valence-electron chi connectivity index (χ4n) is 0.866. The molecule has 3 heteroatoms. The molecule has 0 spiro atoms. The Kier molecular flexibility index (Phi) is 2.71. The van der Waals surface area contributed by atoms with Crippen LogP contribution in [0, 0.1) is 0 Å². The highest BCUT2D eigenvalue weighted by Crippen LogP contribution is 2.11. The van der Waals surface area contributed by atoms with Crippen LogP contribution in [0.25, 0.3) is 0 Å². The predicted molar refractivity (Wildman–Crippen MR) is 43.9 cm³/mol. The van der Waals surface area contributed by atoms with Crippen molar-refractivity contribution in [3.8, 4) is 5.75 Å². The Morgan fingerprint density at radius 2 is 2.36 bits per heavy atom. The molecule has 0 aliphatic carbocycles. The molecule has 1 aromatic heterocycles. The van der Waals surface area contributed by atoms with Gasteiger partial charge in [-0.2, -0.15) is 4.57 Å². The van der Waals surface area contributed by atoms with Crippen molar-refractivity contribution in [2.24, 2.45) is 0 Å². The van der Waals surface area contributed by atoms with Crippen LogP contribution in [-0.2, 0) is 6.54 Å². The van der Waals surface area contributed by atoms with Crippen molar-refractivity contribution in [1.82, 2.24) is 0 Å². The Morgan fingerprint density at radius 3 is 2.82 bits per heavy atom. The fraction of sp³-hybridized carbons (Fsp3) is 0.375. The van der Waals surface area contributed by atoms with Gasteiger partial charge >= 0.3 is 0 Å². The van der Waals surface area contributed by atoms with Crippen molar-refractivity contribution in [3.05, 3.63) is 23.5 Å². The molecule has 0 saturated heterocycles. The second-order valence-electron chi connectivity index (χ2n) is 2.18. The van der Waals surface area contributed by atoms with E-state index in [-0.39, 0.29) is 0 Å². The van der Waals surface area contributed by atoms with Gasteiger partial charge in [-0.15, -0.1) is 0 Å². The van der Waals surface area contributed by atoms with Crippen LogP contribution in [0.4, 0.5) is 0 Å². The fourth-order valence-corrected chi connectivity index (χ4v) is 1.15. The molecule has 0 fully saturated rings. The Labute approximate surface area is 71.4 Å². The molecule has 0 N–H and O–H groups in total. The van der Waals surface area contributed by atoms with Gasteiger partial charge in [0, 0.05) is 6.07 Å². The second-order valence-corrected chi connectivity index (χ2v) is 2.56. The van der Waals surface area contributed by atoms with E-state index in [1.54, 1.807) is 13.2 Å². The van der Waals surface area contributed by atoms with E-state index in [0.29, 0.717) is 5.15 Å². The minimum absolute atomic E-state index is 0.701. The van der Waals surface area contributed by atoms with Gasteiger partial charge in [-0.3, -0.25) is 0 Å². The van der Waals surface area contributed by atoms with Crippen molar-refractivity contribution in [2.75, 3.05) is 7.11 Å². The van der Waals surface area contributed by atoms with Crippen LogP contribution >= 0.6 is 11.6 Å². The zero-order chi connectivity index (χ0) is 8.27. The topological polar surface area (TPSA) is 13.1 Å². The molecule has 0 atom stereocenters. The number of pyridine rings is 1. The molecule has 60 valence electrons. The molecule has 0 aliphatic heterocycles. The second kappa shape index (κ2) is 3.58. The summed E-state index contributed by atoms with van der Waals surface area (Å²) in [4.78, 5) is 0. The zero-order valence-electron chi connectivity index (χ0n) is 6.67. The summed E-state index contributed by atoms with van der Waals surface area (Å²) in [6.07, 6.45) is 1.90. The smallest absolute Gasteiger partial charge is 0.278 e. The first-order valence-corrected chi connectivity index (χ1v) is 3.88. The average molecular weight is 173 g/mol. The van der Waals surface area contributed by atoms with Crippen LogP contribution in [0.3, 0.4) is 0 Å². The van der Waals surface area contributed by atoms with Crippen molar-refractivity contribution in [2.45, 2.75) is 13.5 Å². The highest BCUT2D eigenvalue weighted by atomic mass is 35.5. The van der Waals surface area contributed by atoms with Crippen LogP contribution < -0.4 is 9.30 Å². The Morgan fingerprint density at radius 1 is 1.64 bits per heavy atom. The lowest BCUT2D eigenvalue weighted by Crippen LogP contribution is -2.32. The minimum atomic E-state index is 0.701. The number of ether oxygens (including phenoxy) is 1. The third kappa shape index (κ3) is 1.84. The lowest BCUT2D eigenvalue weighted by Gasteiger charge is -1.98. The molecule has 1 rings (SSSR count). The van der Waals surface area contributed by atoms with E-state index in [0.717, 1.165) is 12.3 Å². The van der Waals surface area contributed by atoms with E-state index in [1.807, 2.05) is 23.8 Å². The Hall–Kier alpha value is -0.760. The Bertz CT molecular complexity index is 250. The van der Waals surface area contributed by atoms with E-state index in [1.165, 1.54) is 0 Å². The summed E-state index contributed by atoms with van der Waals surface area (Å²) in [7, 11) is 1.63. The maximum Gasteiger partial charge on any atom is 0.278 e. The van der Waals surface area contributed by atoms with E-state index < -0.39 is 0 Å². The van der Waals surface area contributed by atoms with Crippen LogP contribution in [0.15, 0.2) is 18.3 Å². The number of hydrogen-bond donors (Lipinski definition) is 0. The van der Waals surface area contributed by atoms with Gasteiger partial charge in [0.25, 0.3) is 5.15 Å². The van der Waals surface area contributed by atoms with Crippen LogP contribution in [0.5, 0.6) is 5.75 Å². The SMILES string of the molecule is CC[n+]1ccc(OC)cc1Cl. The van der Waals surface area contributed by atoms with Crippen molar-refractivity contribution < 1.29 is 9.30 Å². The van der Waals surface area contributed by atoms with E-state index >= 15 is 0 Å². The van der Waals surface area contributed by atoms with E-state index in [4.69, 9.17) is 16.3 Å². The van der Waals surface area contributed by atoms with Gasteiger partial charge in [0.15, 0.2) is 6.20 Å². The maximum atomic E-state index is 5.89. The summed E-state index contributed by atoms with van der Waals surface area (Å²) in [5, 5.41) is 0.701. The minimum Gasteiger partial charge on any atom is -0.496 e. The summed E-state index contributed by atoms with van der Waals surface area (Å²) < 4.78 is 6.93. The molecule has 0 aromatic carbocycles. The van der Waals surface area contributed by atoms with Crippen LogP contribution in [0.2, 0.25) is 5.15 Å². The van der Waals surface area contributed by atoms with E-state index in [9.17, 15) is 0 Å². The van der Waals surface area contributed by atoms with Gasteiger partial charge in [0.2, 0.25) is 0 Å². The van der Waals surface area contributed by atoms with Gasteiger partial charge in [-0.1, -0.05) is 0 Å². The molecule has 0 saturated carbocycles. The number of hydrogen-bond acceptors (Lipinski definition) is 1. The van der Waals surface area contributed by atoms with Gasteiger partial charge in [-0.25, -0.2) is 0 Å². The molecule has 0 bridgehead atoms. The molecule has 11 heavy (non-hydrogen) atoms. The molecule has 0 amide bonds. The lowest BCUT2D eigenvalue weighted by atomic mass is 10.4. The van der Waals surface area contributed by atoms with Crippen molar-refractivity contribution >= 4 is 11.6 Å². The molecule has 1 aromatic rings. The van der Waals surface area contributed by atoms with E-state index in [2.05, 4.69) is 0 Å². The molecule has 0 aliphatic rings. The summed E-state index contributed by atoms with van der Waals surface area (Å²) >= 11 is 5.89. The van der Waals surface area contributed by atoms with Gasteiger partial charge < -0.3 is 4.74 Å². The van der Waals surface area contributed by atoms with Crippen LogP contribution in [0.1, 0.15) is 6.92 Å². The summed E-state index contributed by atoms with van der Waals surface area (Å²) in [5.41, 5.74) is 0. The average Bonchev–Trinajstić information content (AvgIpc) is 2.04. The van der Waals surface area contributed by atoms with Gasteiger partial charge in [0.1, 0.15) is 12.3 Å². The number of aryl methyl sites for hydroxylation is 1. The van der Waals surface area contributed by atoms with Gasteiger partial charge in [-0.05, 0) is 18.5 Å². The third-order valence-corrected chi connectivity index (χ3v) is 1.86. The molecular formula is C8H11ClNO+. The quantitative estimate of drug-likeness (QED) is 0.489. The number of halogens is 1. The highest BCUT2D eigenvalue weighted by molar-refractivity contribution is 6.28. The molecular weight excluding hydrogens is 162 g/mol. The molecule has 0 radical (unpaired) electrons. The third-order valence-electron chi connectivity index (χ3n) is 1.53. The molecule has 2 nitrogen and oxygen atoms in total. The highest BCUT2D eigenvalue weighted by Gasteiger charge is 2.05. The summed E-state index contributed by atoms with van der Waals surface area (Å²) in [6.45, 7) is 2.92. The molecule has 1 heterocycles. The molecule has 0 unspecified atom stereocenters. The zero-order valence-corrected chi connectivity index (χ0v) is 7.43. The summed E-state index contributed by atoms with van der Waals surface area (Å²) in [5.74, 6) is 0.791. The standard InChI is InChI=1S/C8H11ClNO/c1-3-10-5-4-7(11-2)6-8(10)9/h4-6H,3H2,1-2H3/q+1. The normalized spacial score (nSPS) is 9.73. The number of aromatic nitrogens is 1. The summed E-state index contributed by atoms with van der Waals surface area (Å²) in [6, 6.07) is 3.68. The number of methoxy groups -OCH3 is 1. The monoisotopic (exact) mass is 172 g/mol. The number of nitrogens with zero attached hydrogens (tertiary/aromatic N) is 1.